The Morgan fingerprint density at radius 2 is 1.94 bits per heavy atom. The number of aliphatic hydroxyl groups excluding tert-OH is 1. The Bertz CT molecular complexity index is 387. The van der Waals surface area contributed by atoms with Crippen molar-refractivity contribution < 1.29 is 5.11 Å². The number of hydrogen-bond donors (Lipinski definition) is 1. The first-order valence-electron chi connectivity index (χ1n) is 5.37. The summed E-state index contributed by atoms with van der Waals surface area (Å²) in [5, 5.41) is 9.96. The van der Waals surface area contributed by atoms with E-state index in [-0.39, 0.29) is 0 Å². The van der Waals surface area contributed by atoms with Crippen LogP contribution < -0.4 is 0 Å². The zero-order valence-corrected chi connectivity index (χ0v) is 9.69. The summed E-state index contributed by atoms with van der Waals surface area (Å²) >= 11 is 0. The smallest absolute Gasteiger partial charge is 0.0974 e. The monoisotopic (exact) mass is 214 g/mol. The van der Waals surface area contributed by atoms with Crippen molar-refractivity contribution in [2.24, 2.45) is 0 Å². The minimum atomic E-state index is -0.623. The molecule has 1 heteroatoms. The van der Waals surface area contributed by atoms with Crippen LogP contribution in [0.2, 0.25) is 0 Å². The molecule has 16 heavy (non-hydrogen) atoms. The molecule has 0 saturated carbocycles. The van der Waals surface area contributed by atoms with E-state index in [1.54, 1.807) is 6.08 Å². The molecule has 0 aliphatic carbocycles. The zero-order valence-electron chi connectivity index (χ0n) is 9.69. The molecule has 1 aromatic carbocycles. The van der Waals surface area contributed by atoms with E-state index in [0.717, 1.165) is 23.1 Å². The molecule has 0 aliphatic rings. The molecule has 1 unspecified atom stereocenters. The standard InChI is InChI=1S/C15H18O/c1-4-9-12(3)15(14(16)5-2)13-10-7-6-8-11-13/h4-8,10-11,14,16H,1-2,9H2,3H3/b15-12-. The summed E-state index contributed by atoms with van der Waals surface area (Å²) in [4.78, 5) is 0. The Balaban J connectivity index is 3.20. The van der Waals surface area contributed by atoms with Crippen LogP contribution in [-0.4, -0.2) is 11.2 Å². The van der Waals surface area contributed by atoms with E-state index in [0.29, 0.717) is 0 Å². The van der Waals surface area contributed by atoms with Crippen molar-refractivity contribution in [3.05, 3.63) is 66.8 Å². The van der Waals surface area contributed by atoms with E-state index in [1.807, 2.05) is 43.3 Å². The van der Waals surface area contributed by atoms with Gasteiger partial charge in [0.2, 0.25) is 0 Å². The minimum Gasteiger partial charge on any atom is -0.384 e. The third-order valence-electron chi connectivity index (χ3n) is 2.51. The molecule has 1 nitrogen and oxygen atoms in total. The SMILES string of the molecule is C=CC/C(C)=C(/c1ccccc1)C(O)C=C. The van der Waals surface area contributed by atoms with E-state index in [1.165, 1.54) is 0 Å². The second-order valence-electron chi connectivity index (χ2n) is 3.73. The average Bonchev–Trinajstić information content (AvgIpc) is 2.31. The van der Waals surface area contributed by atoms with Crippen molar-refractivity contribution in [3.63, 3.8) is 0 Å². The van der Waals surface area contributed by atoms with Crippen LogP contribution in [0.15, 0.2) is 61.2 Å². The molecule has 1 atom stereocenters. The molecular weight excluding hydrogens is 196 g/mol. The van der Waals surface area contributed by atoms with Gasteiger partial charge in [0.25, 0.3) is 0 Å². The molecule has 0 radical (unpaired) electrons. The van der Waals surface area contributed by atoms with Gasteiger partial charge >= 0.3 is 0 Å². The summed E-state index contributed by atoms with van der Waals surface area (Å²) in [6, 6.07) is 9.88. The van der Waals surface area contributed by atoms with E-state index in [2.05, 4.69) is 13.2 Å². The first-order valence-corrected chi connectivity index (χ1v) is 5.37. The van der Waals surface area contributed by atoms with Crippen molar-refractivity contribution in [1.29, 1.82) is 0 Å². The van der Waals surface area contributed by atoms with Crippen LogP contribution in [-0.2, 0) is 0 Å². The topological polar surface area (TPSA) is 20.2 Å². The van der Waals surface area contributed by atoms with Gasteiger partial charge in [-0.1, -0.05) is 48.1 Å². The molecule has 1 rings (SSSR count). The van der Waals surface area contributed by atoms with E-state index in [4.69, 9.17) is 0 Å². The molecule has 0 aromatic heterocycles. The van der Waals surface area contributed by atoms with Crippen LogP contribution in [0, 0.1) is 0 Å². The molecule has 0 heterocycles. The van der Waals surface area contributed by atoms with Gasteiger partial charge in [-0.2, -0.15) is 0 Å². The summed E-state index contributed by atoms with van der Waals surface area (Å²) in [6.45, 7) is 9.37. The van der Waals surface area contributed by atoms with Gasteiger partial charge in [-0.15, -0.1) is 13.2 Å². The van der Waals surface area contributed by atoms with Gasteiger partial charge in [-0.3, -0.25) is 0 Å². The maximum absolute atomic E-state index is 9.96. The number of aliphatic hydroxyl groups is 1. The summed E-state index contributed by atoms with van der Waals surface area (Å²) in [5.74, 6) is 0. The van der Waals surface area contributed by atoms with Crippen molar-refractivity contribution in [1.82, 2.24) is 0 Å². The number of rotatable bonds is 5. The Morgan fingerprint density at radius 1 is 1.31 bits per heavy atom. The fourth-order valence-corrected chi connectivity index (χ4v) is 1.73. The quantitative estimate of drug-likeness (QED) is 0.743. The predicted molar refractivity (Wildman–Crippen MR) is 70.1 cm³/mol. The lowest BCUT2D eigenvalue weighted by Crippen LogP contribution is -2.07. The highest BCUT2D eigenvalue weighted by molar-refractivity contribution is 5.72. The lowest BCUT2D eigenvalue weighted by atomic mass is 9.94. The van der Waals surface area contributed by atoms with Crippen molar-refractivity contribution in [2.45, 2.75) is 19.4 Å². The maximum atomic E-state index is 9.96. The van der Waals surface area contributed by atoms with Gasteiger partial charge < -0.3 is 5.11 Å². The Hall–Kier alpha value is -1.60. The fourth-order valence-electron chi connectivity index (χ4n) is 1.73. The third-order valence-corrected chi connectivity index (χ3v) is 2.51. The highest BCUT2D eigenvalue weighted by atomic mass is 16.3. The molecule has 0 bridgehead atoms. The van der Waals surface area contributed by atoms with Gasteiger partial charge in [-0.05, 0) is 24.5 Å². The molecular formula is C15H18O. The summed E-state index contributed by atoms with van der Waals surface area (Å²) in [6.07, 6.45) is 3.54. The zero-order chi connectivity index (χ0) is 12.0. The lowest BCUT2D eigenvalue weighted by molar-refractivity contribution is 0.280. The second-order valence-corrected chi connectivity index (χ2v) is 3.73. The molecule has 0 spiro atoms. The summed E-state index contributed by atoms with van der Waals surface area (Å²) < 4.78 is 0. The van der Waals surface area contributed by atoms with Crippen molar-refractivity contribution in [3.8, 4) is 0 Å². The van der Waals surface area contributed by atoms with Gasteiger partial charge in [0, 0.05) is 0 Å². The number of hydrogen-bond acceptors (Lipinski definition) is 1. The van der Waals surface area contributed by atoms with Crippen LogP contribution in [0.4, 0.5) is 0 Å². The van der Waals surface area contributed by atoms with Gasteiger partial charge in [0.1, 0.15) is 0 Å². The molecule has 0 saturated heterocycles. The van der Waals surface area contributed by atoms with Crippen LogP contribution in [0.25, 0.3) is 5.57 Å². The highest BCUT2D eigenvalue weighted by Crippen LogP contribution is 2.24. The van der Waals surface area contributed by atoms with Crippen LogP contribution in [0.3, 0.4) is 0 Å². The van der Waals surface area contributed by atoms with E-state index < -0.39 is 6.10 Å². The molecule has 1 N–H and O–H groups in total. The minimum absolute atomic E-state index is 0.623. The van der Waals surface area contributed by atoms with Crippen LogP contribution >= 0.6 is 0 Å². The maximum Gasteiger partial charge on any atom is 0.0974 e. The molecule has 1 aromatic rings. The largest absolute Gasteiger partial charge is 0.384 e. The molecule has 0 aliphatic heterocycles. The molecule has 84 valence electrons. The highest BCUT2D eigenvalue weighted by Gasteiger charge is 2.11. The fraction of sp³-hybridized carbons (Fsp3) is 0.200. The summed E-state index contributed by atoms with van der Waals surface area (Å²) in [7, 11) is 0. The first-order chi connectivity index (χ1) is 7.70. The van der Waals surface area contributed by atoms with Gasteiger partial charge in [0.15, 0.2) is 0 Å². The lowest BCUT2D eigenvalue weighted by Gasteiger charge is -2.15. The average molecular weight is 214 g/mol. The summed E-state index contributed by atoms with van der Waals surface area (Å²) in [5.41, 5.74) is 3.08. The van der Waals surface area contributed by atoms with Crippen LogP contribution in [0.1, 0.15) is 18.9 Å². The van der Waals surface area contributed by atoms with Crippen molar-refractivity contribution >= 4 is 5.57 Å². The number of benzene rings is 1. The Labute approximate surface area is 97.4 Å². The second kappa shape index (κ2) is 6.09. The molecule has 0 amide bonds. The normalized spacial score (nSPS) is 13.9. The van der Waals surface area contributed by atoms with Gasteiger partial charge in [0.05, 0.1) is 6.10 Å². The first kappa shape index (κ1) is 12.5. The van der Waals surface area contributed by atoms with Crippen molar-refractivity contribution in [2.75, 3.05) is 0 Å². The predicted octanol–water partition coefficient (Wildman–Crippen LogP) is 3.58. The number of allylic oxidation sites excluding steroid dienone is 2. The Morgan fingerprint density at radius 3 is 2.44 bits per heavy atom. The third kappa shape index (κ3) is 2.94. The molecule has 0 fully saturated rings. The van der Waals surface area contributed by atoms with Crippen LogP contribution in [0.5, 0.6) is 0 Å². The van der Waals surface area contributed by atoms with E-state index >= 15 is 0 Å². The van der Waals surface area contributed by atoms with Gasteiger partial charge in [-0.25, -0.2) is 0 Å². The Kier molecular flexibility index (Phi) is 4.74. The van der Waals surface area contributed by atoms with E-state index in [9.17, 15) is 5.11 Å².